The van der Waals surface area contributed by atoms with Gasteiger partial charge in [0.05, 0.1) is 4.90 Å². The molecule has 2 aromatic carbocycles. The highest BCUT2D eigenvalue weighted by Gasteiger charge is 2.10. The van der Waals surface area contributed by atoms with E-state index in [2.05, 4.69) is 20.3 Å². The van der Waals surface area contributed by atoms with Crippen LogP contribution in [0.15, 0.2) is 62.3 Å². The molecule has 0 saturated carbocycles. The van der Waals surface area contributed by atoms with Crippen molar-refractivity contribution in [3.05, 3.63) is 63.6 Å². The van der Waals surface area contributed by atoms with Crippen LogP contribution in [0.2, 0.25) is 5.02 Å². The van der Waals surface area contributed by atoms with Crippen molar-refractivity contribution in [1.82, 2.24) is 0 Å². The van der Waals surface area contributed by atoms with Gasteiger partial charge in [0.2, 0.25) is 0 Å². The first kappa shape index (κ1) is 14.2. The maximum atomic E-state index is 11.9. The molecule has 6 heteroatoms. The van der Waals surface area contributed by atoms with Crippen molar-refractivity contribution in [1.29, 1.82) is 0 Å². The van der Waals surface area contributed by atoms with Crippen LogP contribution in [0.3, 0.4) is 0 Å². The van der Waals surface area contributed by atoms with Gasteiger partial charge < -0.3 is 0 Å². The summed E-state index contributed by atoms with van der Waals surface area (Å²) >= 11 is 9.02. The Bertz CT molecular complexity index is 712. The van der Waals surface area contributed by atoms with Crippen molar-refractivity contribution in [3.63, 3.8) is 0 Å². The Morgan fingerprint density at radius 2 is 1.79 bits per heavy atom. The van der Waals surface area contributed by atoms with Gasteiger partial charge in [-0.2, -0.15) is 12.8 Å². The van der Waals surface area contributed by atoms with E-state index in [1.807, 2.05) is 6.07 Å². The first-order valence-corrected chi connectivity index (χ1v) is 7.90. The monoisotopic (exact) mass is 357 g/mol. The highest BCUT2D eigenvalue weighted by atomic mass is 79.9. The molecule has 0 radical (unpaired) electrons. The molecule has 0 unspecified atom stereocenters. The Morgan fingerprint density at radius 1 is 1.11 bits per heavy atom. The summed E-state index contributed by atoms with van der Waals surface area (Å²) in [5, 5.41) is 0.481. The largest absolute Gasteiger partial charge is 0.282 e. The van der Waals surface area contributed by atoms with Crippen LogP contribution in [-0.4, -0.2) is 14.6 Å². The van der Waals surface area contributed by atoms with Gasteiger partial charge in [-0.05, 0) is 42.0 Å². The van der Waals surface area contributed by atoms with Crippen LogP contribution in [0, 0.1) is 0 Å². The lowest BCUT2D eigenvalue weighted by Crippen LogP contribution is -1.97. The van der Waals surface area contributed by atoms with Crippen LogP contribution >= 0.6 is 27.5 Å². The van der Waals surface area contributed by atoms with E-state index >= 15 is 0 Å². The minimum Gasteiger partial charge on any atom is -0.199 e. The molecule has 0 aliphatic heterocycles. The molecule has 98 valence electrons. The second-order valence-corrected chi connectivity index (χ2v) is 6.70. The summed E-state index contributed by atoms with van der Waals surface area (Å²) in [5.74, 6) is 0. The van der Waals surface area contributed by atoms with Gasteiger partial charge in [-0.1, -0.05) is 39.7 Å². The van der Waals surface area contributed by atoms with Gasteiger partial charge in [0, 0.05) is 15.7 Å². The Hall–Kier alpha value is -1.17. The average Bonchev–Trinajstić information content (AvgIpc) is 2.37. The number of benzene rings is 2. The van der Waals surface area contributed by atoms with Crippen molar-refractivity contribution >= 4 is 43.8 Å². The molecule has 0 saturated heterocycles. The van der Waals surface area contributed by atoms with Crippen LogP contribution in [0.5, 0.6) is 0 Å². The molecular weight excluding hydrogens is 350 g/mol. The predicted molar refractivity (Wildman–Crippen MR) is 80.4 cm³/mol. The fraction of sp³-hybridized carbons (Fsp3) is 0. The van der Waals surface area contributed by atoms with Gasteiger partial charge in [0.1, 0.15) is 0 Å². The summed E-state index contributed by atoms with van der Waals surface area (Å²) in [4.78, 5) is 0.114. The number of halogens is 2. The molecular formula is C13H9BrClNO2S. The molecule has 0 aliphatic carbocycles. The molecule has 0 heterocycles. The number of nitrogens with zero attached hydrogens (tertiary/aromatic N) is 1. The van der Waals surface area contributed by atoms with Crippen LogP contribution in [-0.2, 0) is 10.0 Å². The van der Waals surface area contributed by atoms with E-state index in [4.69, 9.17) is 11.6 Å². The highest BCUT2D eigenvalue weighted by Crippen LogP contribution is 2.16. The summed E-state index contributed by atoms with van der Waals surface area (Å²) in [6, 6.07) is 13.1. The molecule has 0 fully saturated rings. The fourth-order valence-electron chi connectivity index (χ4n) is 1.38. The molecule has 0 spiro atoms. The number of hydrogen-bond acceptors (Lipinski definition) is 2. The van der Waals surface area contributed by atoms with Crippen molar-refractivity contribution in [2.24, 2.45) is 4.40 Å². The van der Waals surface area contributed by atoms with Crippen molar-refractivity contribution in [2.45, 2.75) is 4.90 Å². The zero-order chi connectivity index (χ0) is 13.9. The van der Waals surface area contributed by atoms with Crippen LogP contribution in [0.4, 0.5) is 0 Å². The summed E-state index contributed by atoms with van der Waals surface area (Å²) < 4.78 is 28.4. The van der Waals surface area contributed by atoms with E-state index in [0.29, 0.717) is 10.6 Å². The topological polar surface area (TPSA) is 46.5 Å². The normalized spacial score (nSPS) is 11.9. The lowest BCUT2D eigenvalue weighted by Gasteiger charge is -1.99. The highest BCUT2D eigenvalue weighted by molar-refractivity contribution is 9.10. The Labute approximate surface area is 125 Å². The van der Waals surface area contributed by atoms with E-state index in [-0.39, 0.29) is 4.90 Å². The van der Waals surface area contributed by atoms with Crippen LogP contribution in [0.1, 0.15) is 5.56 Å². The van der Waals surface area contributed by atoms with Gasteiger partial charge in [-0.15, -0.1) is 0 Å². The average molecular weight is 359 g/mol. The molecule has 2 rings (SSSR count). The van der Waals surface area contributed by atoms with E-state index in [0.717, 1.165) is 4.47 Å². The van der Waals surface area contributed by atoms with E-state index < -0.39 is 10.0 Å². The summed E-state index contributed by atoms with van der Waals surface area (Å²) in [6.45, 7) is 0. The molecule has 0 N–H and O–H groups in total. The smallest absolute Gasteiger partial charge is 0.199 e. The second kappa shape index (κ2) is 5.86. The molecule has 0 aromatic heterocycles. The third-order valence-electron chi connectivity index (χ3n) is 2.30. The van der Waals surface area contributed by atoms with Gasteiger partial charge in [0.25, 0.3) is 10.0 Å². The van der Waals surface area contributed by atoms with E-state index in [9.17, 15) is 8.42 Å². The molecule has 19 heavy (non-hydrogen) atoms. The van der Waals surface area contributed by atoms with Crippen molar-refractivity contribution < 1.29 is 8.42 Å². The number of rotatable bonds is 3. The van der Waals surface area contributed by atoms with Crippen LogP contribution in [0.25, 0.3) is 0 Å². The van der Waals surface area contributed by atoms with Gasteiger partial charge in [0.15, 0.2) is 0 Å². The number of sulfonamides is 1. The lowest BCUT2D eigenvalue weighted by atomic mass is 10.2. The fourth-order valence-corrected chi connectivity index (χ4v) is 2.79. The second-order valence-electron chi connectivity index (χ2n) is 3.72. The summed E-state index contributed by atoms with van der Waals surface area (Å²) in [6.07, 6.45) is 1.31. The molecule has 0 atom stereocenters. The summed E-state index contributed by atoms with van der Waals surface area (Å²) in [7, 11) is -3.69. The van der Waals surface area contributed by atoms with Gasteiger partial charge in [-0.25, -0.2) is 0 Å². The molecule has 0 bridgehead atoms. The quantitative estimate of drug-likeness (QED) is 0.781. The predicted octanol–water partition coefficient (Wildman–Crippen LogP) is 3.91. The van der Waals surface area contributed by atoms with E-state index in [1.54, 1.807) is 18.2 Å². The van der Waals surface area contributed by atoms with E-state index in [1.165, 1.54) is 30.5 Å². The summed E-state index contributed by atoms with van der Waals surface area (Å²) in [5.41, 5.74) is 0.701. The molecule has 0 aliphatic rings. The third kappa shape index (κ3) is 3.89. The van der Waals surface area contributed by atoms with Gasteiger partial charge >= 0.3 is 0 Å². The molecule has 0 amide bonds. The Kier molecular flexibility index (Phi) is 4.39. The molecule has 2 aromatic rings. The maximum absolute atomic E-state index is 11.9. The minimum atomic E-state index is -3.69. The van der Waals surface area contributed by atoms with Crippen molar-refractivity contribution in [2.75, 3.05) is 0 Å². The third-order valence-corrected chi connectivity index (χ3v) is 4.30. The Balaban J connectivity index is 2.29. The van der Waals surface area contributed by atoms with Gasteiger partial charge in [-0.3, -0.25) is 0 Å². The lowest BCUT2D eigenvalue weighted by molar-refractivity contribution is 0.598. The van der Waals surface area contributed by atoms with Crippen LogP contribution < -0.4 is 0 Å². The molecule has 3 nitrogen and oxygen atoms in total. The number of hydrogen-bond donors (Lipinski definition) is 0. The first-order valence-electron chi connectivity index (χ1n) is 5.29. The zero-order valence-electron chi connectivity index (χ0n) is 9.62. The zero-order valence-corrected chi connectivity index (χ0v) is 12.8. The SMILES string of the molecule is O=S(=O)(/N=C/c1cccc(Br)c1)c1ccc(Cl)cc1. The first-order chi connectivity index (χ1) is 8.97. The Morgan fingerprint density at radius 3 is 2.42 bits per heavy atom. The standard InChI is InChI=1S/C13H9BrClNO2S/c14-11-3-1-2-10(8-11)9-16-19(17,18)13-6-4-12(15)5-7-13/h1-9H/b16-9+. The minimum absolute atomic E-state index is 0.114. The maximum Gasteiger partial charge on any atom is 0.282 e. The van der Waals surface area contributed by atoms with Crippen molar-refractivity contribution in [3.8, 4) is 0 Å².